The summed E-state index contributed by atoms with van der Waals surface area (Å²) in [4.78, 5) is 30.3. The van der Waals surface area contributed by atoms with Crippen LogP contribution in [0.2, 0.25) is 0 Å². The van der Waals surface area contributed by atoms with Gasteiger partial charge in [-0.25, -0.2) is 4.79 Å². The molecule has 0 N–H and O–H groups in total. The van der Waals surface area contributed by atoms with E-state index in [1.807, 2.05) is 6.07 Å². The lowest BCUT2D eigenvalue weighted by Gasteiger charge is -2.18. The second-order valence-corrected chi connectivity index (χ2v) is 6.88. The van der Waals surface area contributed by atoms with Gasteiger partial charge in [0.25, 0.3) is 0 Å². The normalized spacial score (nSPS) is 11.2. The number of carbonyl (C=O) groups is 1. The molecule has 0 spiro atoms. The summed E-state index contributed by atoms with van der Waals surface area (Å²) in [5.74, 6) is -1.19. The van der Waals surface area contributed by atoms with Crippen LogP contribution in [0.25, 0.3) is 22.2 Å². The van der Waals surface area contributed by atoms with Crippen LogP contribution >= 0.6 is 12.4 Å². The van der Waals surface area contributed by atoms with Crippen molar-refractivity contribution in [2.24, 2.45) is 0 Å². The third-order valence-corrected chi connectivity index (χ3v) is 4.91. The Morgan fingerprint density at radius 3 is 2.44 bits per heavy atom. The number of hydrogen-bond acceptors (Lipinski definition) is 4. The minimum Gasteiger partial charge on any atom is -0.408 e. The van der Waals surface area contributed by atoms with Crippen molar-refractivity contribution in [3.63, 3.8) is 0 Å². The molecule has 0 fully saturated rings. The van der Waals surface area contributed by atoms with Crippen molar-refractivity contribution in [3.05, 3.63) is 83.1 Å². The van der Waals surface area contributed by atoms with E-state index in [0.29, 0.717) is 11.1 Å². The summed E-state index contributed by atoms with van der Waals surface area (Å²) in [5.41, 5.74) is 1.84. The molecule has 32 heavy (non-hydrogen) atoms. The van der Waals surface area contributed by atoms with Crippen LogP contribution < -0.4 is 10.7 Å². The van der Waals surface area contributed by atoms with E-state index in [2.05, 4.69) is 4.98 Å². The number of benzene rings is 2. The number of alkyl halides is 3. The van der Waals surface area contributed by atoms with Crippen LogP contribution in [0.15, 0.2) is 76.2 Å². The molecular weight excluding hydrogens is 447 g/mol. The summed E-state index contributed by atoms with van der Waals surface area (Å²) in [5, 5.41) is 0. The molecule has 0 aliphatic heterocycles. The van der Waals surface area contributed by atoms with Gasteiger partial charge in [-0.15, -0.1) is 12.4 Å². The van der Waals surface area contributed by atoms with Crippen LogP contribution in [0.5, 0.6) is 0 Å². The van der Waals surface area contributed by atoms with Gasteiger partial charge >= 0.3 is 11.9 Å². The zero-order valence-corrected chi connectivity index (χ0v) is 17.5. The summed E-state index contributed by atoms with van der Waals surface area (Å²) in [6.07, 6.45) is -1.14. The average Bonchev–Trinajstić information content (AvgIpc) is 3.07. The molecule has 2 aromatic carbocycles. The Labute approximate surface area is 186 Å². The Balaban J connectivity index is 0.00000289. The zero-order valence-electron chi connectivity index (χ0n) is 16.7. The number of pyridine rings is 1. The first-order chi connectivity index (χ1) is 14.7. The van der Waals surface area contributed by atoms with Crippen LogP contribution in [-0.2, 0) is 17.5 Å². The smallest absolute Gasteiger partial charge is 0.408 e. The Morgan fingerprint density at radius 1 is 1.09 bits per heavy atom. The molecule has 0 unspecified atom stereocenters. The van der Waals surface area contributed by atoms with E-state index in [-0.39, 0.29) is 24.6 Å². The topological polar surface area (TPSA) is 68.3 Å². The largest absolute Gasteiger partial charge is 0.420 e. The maximum Gasteiger partial charge on any atom is 0.420 e. The highest BCUT2D eigenvalue weighted by Crippen LogP contribution is 2.30. The predicted molar refractivity (Wildman–Crippen MR) is 116 cm³/mol. The number of anilines is 1. The molecule has 0 saturated heterocycles. The minimum atomic E-state index is -4.46. The molecule has 1 amide bonds. The van der Waals surface area contributed by atoms with Crippen molar-refractivity contribution in [1.82, 2.24) is 9.55 Å². The Bertz CT molecular complexity index is 1300. The summed E-state index contributed by atoms with van der Waals surface area (Å²) >= 11 is 0. The fourth-order valence-corrected chi connectivity index (χ4v) is 3.18. The number of oxazole rings is 1. The van der Waals surface area contributed by atoms with Crippen molar-refractivity contribution < 1.29 is 22.4 Å². The fraction of sp³-hybridized carbons (Fsp3) is 0.136. The van der Waals surface area contributed by atoms with Gasteiger partial charge in [0.1, 0.15) is 6.54 Å². The second-order valence-electron chi connectivity index (χ2n) is 6.88. The third-order valence-electron chi connectivity index (χ3n) is 4.91. The molecule has 0 aliphatic carbocycles. The fourth-order valence-electron chi connectivity index (χ4n) is 3.18. The zero-order chi connectivity index (χ0) is 22.2. The maximum atomic E-state index is 12.7. The molecular formula is C22H17ClF3N3O3. The molecule has 2 aromatic heterocycles. The van der Waals surface area contributed by atoms with Crippen LogP contribution in [0.4, 0.5) is 18.9 Å². The second kappa shape index (κ2) is 8.88. The number of aromatic nitrogens is 2. The highest BCUT2D eigenvalue weighted by atomic mass is 35.5. The Kier molecular flexibility index (Phi) is 6.40. The van der Waals surface area contributed by atoms with Gasteiger partial charge in [-0.3, -0.25) is 14.3 Å². The van der Waals surface area contributed by atoms with Crippen molar-refractivity contribution in [1.29, 1.82) is 0 Å². The minimum absolute atomic E-state index is 0. The van der Waals surface area contributed by atoms with Gasteiger partial charge in [0.2, 0.25) is 5.91 Å². The van der Waals surface area contributed by atoms with Gasteiger partial charge in [-0.1, -0.05) is 12.1 Å². The first-order valence-corrected chi connectivity index (χ1v) is 9.21. The van der Waals surface area contributed by atoms with Gasteiger partial charge < -0.3 is 9.32 Å². The van der Waals surface area contributed by atoms with Crippen LogP contribution in [-0.4, -0.2) is 22.5 Å². The quantitative estimate of drug-likeness (QED) is 0.437. The van der Waals surface area contributed by atoms with E-state index >= 15 is 0 Å². The van der Waals surface area contributed by atoms with Crippen molar-refractivity contribution in [2.45, 2.75) is 12.7 Å². The monoisotopic (exact) mass is 463 g/mol. The van der Waals surface area contributed by atoms with Crippen LogP contribution in [0.1, 0.15) is 5.56 Å². The van der Waals surface area contributed by atoms with E-state index < -0.39 is 23.4 Å². The number of carbonyl (C=O) groups excluding carboxylic acids is 1. The predicted octanol–water partition coefficient (Wildman–Crippen LogP) is 4.76. The Morgan fingerprint density at radius 2 is 1.81 bits per heavy atom. The van der Waals surface area contributed by atoms with E-state index in [9.17, 15) is 22.8 Å². The molecule has 0 aliphatic rings. The summed E-state index contributed by atoms with van der Waals surface area (Å²) in [7, 11) is 1.43. The molecule has 0 atom stereocenters. The summed E-state index contributed by atoms with van der Waals surface area (Å²) in [6, 6.07) is 13.0. The first-order valence-electron chi connectivity index (χ1n) is 9.21. The number of amides is 1. The molecule has 0 bridgehead atoms. The SMILES string of the molecule is CN(C(=O)Cn1c(=O)oc2ccc(-c3cccnc3)cc21)c1ccc(C(F)(F)F)cc1.Cl. The standard InChI is InChI=1S/C22H16F3N3O3.ClH/c1-27(17-7-5-16(6-8-17)22(23,24)25)20(29)13-28-18-11-14(15-3-2-10-26-12-15)4-9-19(18)31-21(28)30;/h2-12H,13H2,1H3;1H. The van der Waals surface area contributed by atoms with E-state index in [1.54, 1.807) is 36.7 Å². The number of likely N-dealkylation sites (N-methyl/N-ethyl adjacent to an activating group) is 1. The van der Waals surface area contributed by atoms with E-state index in [1.165, 1.54) is 28.6 Å². The van der Waals surface area contributed by atoms with Crippen LogP contribution in [0.3, 0.4) is 0 Å². The van der Waals surface area contributed by atoms with Gasteiger partial charge in [0, 0.05) is 30.7 Å². The molecule has 6 nitrogen and oxygen atoms in total. The van der Waals surface area contributed by atoms with Gasteiger partial charge in [-0.2, -0.15) is 13.2 Å². The number of halogens is 4. The third kappa shape index (κ3) is 4.52. The molecule has 166 valence electrons. The maximum absolute atomic E-state index is 12.7. The number of hydrogen-bond donors (Lipinski definition) is 0. The van der Waals surface area contributed by atoms with Gasteiger partial charge in [0.05, 0.1) is 11.1 Å². The van der Waals surface area contributed by atoms with Gasteiger partial charge in [0.15, 0.2) is 5.58 Å². The number of fused-ring (bicyclic) bond motifs is 1. The van der Waals surface area contributed by atoms with E-state index in [4.69, 9.17) is 4.42 Å². The lowest BCUT2D eigenvalue weighted by molar-refractivity contribution is -0.137. The molecule has 0 radical (unpaired) electrons. The first kappa shape index (κ1) is 23.1. The average molecular weight is 464 g/mol. The lowest BCUT2D eigenvalue weighted by Crippen LogP contribution is -2.32. The Hall–Kier alpha value is -3.59. The molecule has 2 heterocycles. The van der Waals surface area contributed by atoms with E-state index in [0.717, 1.165) is 23.3 Å². The lowest BCUT2D eigenvalue weighted by atomic mass is 10.1. The van der Waals surface area contributed by atoms with Gasteiger partial charge in [-0.05, 0) is 48.0 Å². The molecule has 4 rings (SSSR count). The number of rotatable bonds is 4. The highest BCUT2D eigenvalue weighted by Gasteiger charge is 2.30. The number of nitrogens with zero attached hydrogens (tertiary/aromatic N) is 3. The van der Waals surface area contributed by atoms with Crippen LogP contribution in [0, 0.1) is 0 Å². The highest BCUT2D eigenvalue weighted by molar-refractivity contribution is 5.93. The summed E-state index contributed by atoms with van der Waals surface area (Å²) in [6.45, 7) is -0.333. The molecule has 0 saturated carbocycles. The summed E-state index contributed by atoms with van der Waals surface area (Å²) < 4.78 is 44.7. The van der Waals surface area contributed by atoms with Crippen molar-refractivity contribution in [3.8, 4) is 11.1 Å². The van der Waals surface area contributed by atoms with Crippen molar-refractivity contribution in [2.75, 3.05) is 11.9 Å². The molecule has 4 aromatic rings. The van der Waals surface area contributed by atoms with Crippen molar-refractivity contribution >= 4 is 35.1 Å². The molecule has 10 heteroatoms.